The van der Waals surface area contributed by atoms with Gasteiger partial charge in [-0.2, -0.15) is 0 Å². The Kier molecular flexibility index (Phi) is 4.99. The molecule has 134 valence electrons. The van der Waals surface area contributed by atoms with Gasteiger partial charge in [0.25, 0.3) is 0 Å². The monoisotopic (exact) mass is 360 g/mol. The first-order valence-corrected chi connectivity index (χ1v) is 9.77. The third-order valence-electron chi connectivity index (χ3n) is 4.62. The van der Waals surface area contributed by atoms with E-state index >= 15 is 0 Å². The Hall–Kier alpha value is -2.09. The lowest BCUT2D eigenvalue weighted by atomic mass is 10.2. The number of hydrogen-bond acceptors (Lipinski definition) is 6. The van der Waals surface area contributed by atoms with Crippen LogP contribution in [0.4, 0.5) is 11.4 Å². The Morgan fingerprint density at radius 3 is 2.20 bits per heavy atom. The zero-order valence-corrected chi connectivity index (χ0v) is 15.2. The lowest BCUT2D eigenvalue weighted by Crippen LogP contribution is -2.44. The van der Waals surface area contributed by atoms with Crippen LogP contribution in [0.15, 0.2) is 52.3 Å². The standard InChI is InChI=1S/C18H24N4O2S/c1-21-8-10-22(11-9-21)15-4-7-18(17(20)12-15)25(23,24)16-5-2-14(13-19)3-6-16/h2-7,12H,8-11,13,19-20H2,1H3. The molecule has 4 N–H and O–H groups in total. The van der Waals surface area contributed by atoms with Gasteiger partial charge in [-0.05, 0) is 42.9 Å². The molecule has 1 heterocycles. The highest BCUT2D eigenvalue weighted by atomic mass is 32.2. The summed E-state index contributed by atoms with van der Waals surface area (Å²) in [6.07, 6.45) is 0. The third kappa shape index (κ3) is 3.63. The molecule has 0 amide bonds. The van der Waals surface area contributed by atoms with E-state index in [0.717, 1.165) is 37.4 Å². The van der Waals surface area contributed by atoms with Gasteiger partial charge in [0.05, 0.1) is 15.5 Å². The maximum absolute atomic E-state index is 12.9. The van der Waals surface area contributed by atoms with Crippen molar-refractivity contribution in [2.24, 2.45) is 5.73 Å². The lowest BCUT2D eigenvalue weighted by Gasteiger charge is -2.34. The Morgan fingerprint density at radius 2 is 1.64 bits per heavy atom. The minimum Gasteiger partial charge on any atom is -0.398 e. The number of piperazine rings is 1. The van der Waals surface area contributed by atoms with Crippen LogP contribution in [0.25, 0.3) is 0 Å². The topological polar surface area (TPSA) is 92.7 Å². The second kappa shape index (κ2) is 7.03. The number of likely N-dealkylation sites (N-methyl/N-ethyl adjacent to an activating group) is 1. The molecule has 0 aromatic heterocycles. The van der Waals surface area contributed by atoms with E-state index < -0.39 is 9.84 Å². The van der Waals surface area contributed by atoms with E-state index in [4.69, 9.17) is 11.5 Å². The van der Waals surface area contributed by atoms with Crippen LogP contribution in [0.1, 0.15) is 5.56 Å². The zero-order chi connectivity index (χ0) is 18.0. The molecule has 1 fully saturated rings. The molecule has 1 aliphatic rings. The largest absolute Gasteiger partial charge is 0.398 e. The minimum atomic E-state index is -3.64. The minimum absolute atomic E-state index is 0.144. The van der Waals surface area contributed by atoms with Gasteiger partial charge < -0.3 is 21.3 Å². The first kappa shape index (κ1) is 17.7. The molecule has 1 aliphatic heterocycles. The van der Waals surface area contributed by atoms with Crippen molar-refractivity contribution in [2.45, 2.75) is 16.3 Å². The van der Waals surface area contributed by atoms with Gasteiger partial charge in [0.15, 0.2) is 0 Å². The van der Waals surface area contributed by atoms with E-state index in [2.05, 4.69) is 16.8 Å². The average Bonchev–Trinajstić information content (AvgIpc) is 2.62. The lowest BCUT2D eigenvalue weighted by molar-refractivity contribution is 0.313. The van der Waals surface area contributed by atoms with Crippen LogP contribution in [0.3, 0.4) is 0 Å². The highest BCUT2D eigenvalue weighted by Crippen LogP contribution is 2.30. The van der Waals surface area contributed by atoms with Crippen molar-refractivity contribution in [3.05, 3.63) is 48.0 Å². The molecule has 6 nitrogen and oxygen atoms in total. The summed E-state index contributed by atoms with van der Waals surface area (Å²) in [5.41, 5.74) is 13.8. The van der Waals surface area contributed by atoms with Crippen molar-refractivity contribution in [1.29, 1.82) is 0 Å². The van der Waals surface area contributed by atoms with Crippen LogP contribution in [-0.4, -0.2) is 46.5 Å². The van der Waals surface area contributed by atoms with Gasteiger partial charge in [0.2, 0.25) is 9.84 Å². The van der Waals surface area contributed by atoms with E-state index in [1.54, 1.807) is 36.4 Å². The summed E-state index contributed by atoms with van der Waals surface area (Å²) in [5, 5.41) is 0. The molecule has 0 unspecified atom stereocenters. The summed E-state index contributed by atoms with van der Waals surface area (Å²) in [4.78, 5) is 4.86. The molecule has 0 aliphatic carbocycles. The summed E-state index contributed by atoms with van der Waals surface area (Å²) in [6, 6.07) is 11.8. The molecule has 3 rings (SSSR count). The van der Waals surface area contributed by atoms with Crippen molar-refractivity contribution < 1.29 is 8.42 Å². The quantitative estimate of drug-likeness (QED) is 0.799. The molecule has 0 radical (unpaired) electrons. The van der Waals surface area contributed by atoms with Crippen LogP contribution >= 0.6 is 0 Å². The van der Waals surface area contributed by atoms with Crippen molar-refractivity contribution >= 4 is 21.2 Å². The van der Waals surface area contributed by atoms with Gasteiger partial charge in [-0.25, -0.2) is 8.42 Å². The fraction of sp³-hybridized carbons (Fsp3) is 0.333. The van der Waals surface area contributed by atoms with Crippen LogP contribution in [0, 0.1) is 0 Å². The smallest absolute Gasteiger partial charge is 0.208 e. The predicted octanol–water partition coefficient (Wildman–Crippen LogP) is 1.31. The number of nitrogens with two attached hydrogens (primary N) is 2. The fourth-order valence-corrected chi connectivity index (χ4v) is 4.34. The molecule has 1 saturated heterocycles. The highest BCUT2D eigenvalue weighted by Gasteiger charge is 2.22. The van der Waals surface area contributed by atoms with E-state index in [9.17, 15) is 8.42 Å². The Balaban J connectivity index is 1.89. The fourth-order valence-electron chi connectivity index (χ4n) is 2.97. The maximum atomic E-state index is 12.9. The Morgan fingerprint density at radius 1 is 1.00 bits per heavy atom. The van der Waals surface area contributed by atoms with Crippen LogP contribution in [0.2, 0.25) is 0 Å². The second-order valence-electron chi connectivity index (χ2n) is 6.36. The number of nitrogens with zero attached hydrogens (tertiary/aromatic N) is 2. The molecular weight excluding hydrogens is 336 g/mol. The number of rotatable bonds is 4. The SMILES string of the molecule is CN1CCN(c2ccc(S(=O)(=O)c3ccc(CN)cc3)c(N)c2)CC1. The van der Waals surface area contributed by atoms with Crippen LogP contribution in [0.5, 0.6) is 0 Å². The number of hydrogen-bond donors (Lipinski definition) is 2. The van der Waals surface area contributed by atoms with E-state index in [1.165, 1.54) is 0 Å². The normalized spacial score (nSPS) is 16.2. The van der Waals surface area contributed by atoms with Crippen molar-refractivity contribution in [3.63, 3.8) is 0 Å². The highest BCUT2D eigenvalue weighted by molar-refractivity contribution is 7.91. The summed E-state index contributed by atoms with van der Waals surface area (Å²) >= 11 is 0. The van der Waals surface area contributed by atoms with Gasteiger partial charge >= 0.3 is 0 Å². The van der Waals surface area contributed by atoms with Crippen LogP contribution < -0.4 is 16.4 Å². The Labute approximate surface area is 148 Å². The van der Waals surface area contributed by atoms with Gasteiger partial charge in [-0.15, -0.1) is 0 Å². The summed E-state index contributed by atoms with van der Waals surface area (Å²) in [6.45, 7) is 4.15. The molecule has 7 heteroatoms. The van der Waals surface area contributed by atoms with Crippen molar-refractivity contribution in [3.8, 4) is 0 Å². The van der Waals surface area contributed by atoms with Gasteiger partial charge in [0, 0.05) is 38.4 Å². The Bertz CT molecular complexity index is 842. The number of benzene rings is 2. The first-order valence-electron chi connectivity index (χ1n) is 8.29. The molecule has 2 aromatic carbocycles. The number of anilines is 2. The zero-order valence-electron chi connectivity index (χ0n) is 14.4. The maximum Gasteiger partial charge on any atom is 0.208 e. The molecular formula is C18H24N4O2S. The third-order valence-corrected chi connectivity index (χ3v) is 6.46. The molecule has 25 heavy (non-hydrogen) atoms. The van der Waals surface area contributed by atoms with Crippen molar-refractivity contribution in [2.75, 3.05) is 43.9 Å². The summed E-state index contributed by atoms with van der Waals surface area (Å²) < 4.78 is 25.7. The first-order chi connectivity index (χ1) is 11.9. The van der Waals surface area contributed by atoms with Gasteiger partial charge in [-0.3, -0.25) is 0 Å². The second-order valence-corrected chi connectivity index (χ2v) is 8.28. The molecule has 0 atom stereocenters. The summed E-state index contributed by atoms with van der Waals surface area (Å²) in [7, 11) is -1.55. The van der Waals surface area contributed by atoms with E-state index in [-0.39, 0.29) is 15.5 Å². The molecule has 2 aromatic rings. The average molecular weight is 360 g/mol. The molecule has 0 spiro atoms. The molecule has 0 bridgehead atoms. The van der Waals surface area contributed by atoms with Gasteiger partial charge in [-0.1, -0.05) is 12.1 Å². The predicted molar refractivity (Wildman–Crippen MR) is 100 cm³/mol. The molecule has 0 saturated carbocycles. The van der Waals surface area contributed by atoms with E-state index in [0.29, 0.717) is 6.54 Å². The van der Waals surface area contributed by atoms with E-state index in [1.807, 2.05) is 6.07 Å². The summed E-state index contributed by atoms with van der Waals surface area (Å²) in [5.74, 6) is 0. The number of sulfone groups is 1. The van der Waals surface area contributed by atoms with Gasteiger partial charge in [0.1, 0.15) is 0 Å². The van der Waals surface area contributed by atoms with Crippen LogP contribution in [-0.2, 0) is 16.4 Å². The van der Waals surface area contributed by atoms with Crippen molar-refractivity contribution in [1.82, 2.24) is 4.90 Å². The number of nitrogen functional groups attached to an aromatic ring is 1.